The molecule has 0 radical (unpaired) electrons. The van der Waals surface area contributed by atoms with E-state index in [2.05, 4.69) is 10.3 Å². The summed E-state index contributed by atoms with van der Waals surface area (Å²) >= 11 is 5.55. The number of pyridine rings is 1. The van der Waals surface area contributed by atoms with Gasteiger partial charge in [-0.2, -0.15) is 31.4 Å². The van der Waals surface area contributed by atoms with Crippen LogP contribution in [0.25, 0.3) is 0 Å². The summed E-state index contributed by atoms with van der Waals surface area (Å²) in [5.74, 6) is -2.22. The first-order chi connectivity index (χ1) is 15.2. The maximum atomic E-state index is 13.7. The maximum absolute atomic E-state index is 13.7. The summed E-state index contributed by atoms with van der Waals surface area (Å²) < 4.78 is 94.3. The van der Waals surface area contributed by atoms with Crippen LogP contribution in [0.2, 0.25) is 5.15 Å². The normalized spacial score (nSPS) is 14.5. The van der Waals surface area contributed by atoms with E-state index in [0.29, 0.717) is 0 Å². The highest BCUT2D eigenvalue weighted by atomic mass is 35.5. The predicted molar refractivity (Wildman–Crippen MR) is 99.7 cm³/mol. The molecule has 0 atom stereocenters. The highest BCUT2D eigenvalue weighted by Crippen LogP contribution is 2.42. The number of carbonyl (C=O) groups is 2. The lowest BCUT2D eigenvalue weighted by Gasteiger charge is -2.24. The van der Waals surface area contributed by atoms with Gasteiger partial charge in [-0.15, -0.1) is 0 Å². The van der Waals surface area contributed by atoms with Crippen molar-refractivity contribution >= 4 is 35.0 Å². The van der Waals surface area contributed by atoms with Gasteiger partial charge in [0.15, 0.2) is 11.0 Å². The first-order valence-electron chi connectivity index (χ1n) is 8.81. The molecule has 15 heteroatoms. The van der Waals surface area contributed by atoms with Crippen LogP contribution in [-0.2, 0) is 28.4 Å². The standard InChI is InChI=1S/C18H12ClF7N4O3/c1-29(13-3-2-11(20)15(19)28-13)14(31)6-9-10(18(24,25)26)4-8(17(21,22)23)5-12(9)30-16(32)27-7-33-30/h2-5H,6-7H2,1H3,(H,27,32). The zero-order valence-corrected chi connectivity index (χ0v) is 17.1. The molecule has 3 rings (SSSR count). The number of rotatable bonds is 4. The van der Waals surface area contributed by atoms with Gasteiger partial charge in [0.1, 0.15) is 12.5 Å². The minimum Gasteiger partial charge on any atom is -0.310 e. The van der Waals surface area contributed by atoms with E-state index in [4.69, 9.17) is 16.4 Å². The van der Waals surface area contributed by atoms with Gasteiger partial charge in [-0.05, 0) is 24.3 Å². The minimum atomic E-state index is -5.32. The van der Waals surface area contributed by atoms with Crippen molar-refractivity contribution < 1.29 is 45.2 Å². The van der Waals surface area contributed by atoms with Crippen LogP contribution in [0.4, 0.5) is 47.0 Å². The van der Waals surface area contributed by atoms with E-state index in [9.17, 15) is 40.3 Å². The van der Waals surface area contributed by atoms with Crippen LogP contribution >= 0.6 is 11.6 Å². The number of hydrogen-bond donors (Lipinski definition) is 1. The van der Waals surface area contributed by atoms with E-state index in [1.165, 1.54) is 0 Å². The Bertz CT molecular complexity index is 1110. The number of hydroxylamine groups is 1. The Kier molecular flexibility index (Phi) is 6.44. The molecule has 0 unspecified atom stereocenters. The third-order valence-corrected chi connectivity index (χ3v) is 4.78. The highest BCUT2D eigenvalue weighted by Gasteiger charge is 2.42. The van der Waals surface area contributed by atoms with Gasteiger partial charge >= 0.3 is 18.4 Å². The second-order valence-corrected chi connectivity index (χ2v) is 7.00. The molecule has 1 aromatic carbocycles. The average Bonchev–Trinajstić information content (AvgIpc) is 3.13. The number of halogens is 8. The van der Waals surface area contributed by atoms with Crippen molar-refractivity contribution in [3.8, 4) is 0 Å². The third-order valence-electron chi connectivity index (χ3n) is 4.51. The Morgan fingerprint density at radius 1 is 1.21 bits per heavy atom. The first-order valence-corrected chi connectivity index (χ1v) is 9.18. The summed E-state index contributed by atoms with van der Waals surface area (Å²) in [6.45, 7) is -0.512. The van der Waals surface area contributed by atoms with Gasteiger partial charge in [0.25, 0.3) is 0 Å². The van der Waals surface area contributed by atoms with Crippen molar-refractivity contribution in [2.75, 3.05) is 23.7 Å². The van der Waals surface area contributed by atoms with Crippen LogP contribution < -0.4 is 15.3 Å². The summed E-state index contributed by atoms with van der Waals surface area (Å²) in [5, 5.41) is 1.67. The molecule has 1 N–H and O–H groups in total. The summed E-state index contributed by atoms with van der Waals surface area (Å²) in [6, 6.07) is 0.871. The molecule has 1 aliphatic rings. The highest BCUT2D eigenvalue weighted by molar-refractivity contribution is 6.29. The molecule has 0 saturated carbocycles. The Labute approximate surface area is 185 Å². The molecule has 1 aliphatic heterocycles. The number of nitrogens with one attached hydrogen (secondary N) is 1. The molecule has 2 heterocycles. The maximum Gasteiger partial charge on any atom is 0.416 e. The fourth-order valence-corrected chi connectivity index (χ4v) is 3.05. The molecule has 1 saturated heterocycles. The topological polar surface area (TPSA) is 74.8 Å². The molecule has 7 nitrogen and oxygen atoms in total. The van der Waals surface area contributed by atoms with Crippen LogP contribution in [0.15, 0.2) is 24.3 Å². The van der Waals surface area contributed by atoms with Crippen molar-refractivity contribution in [1.82, 2.24) is 10.3 Å². The van der Waals surface area contributed by atoms with Crippen LogP contribution in [0, 0.1) is 5.82 Å². The van der Waals surface area contributed by atoms with Crippen LogP contribution in [0.5, 0.6) is 0 Å². The summed E-state index contributed by atoms with van der Waals surface area (Å²) in [6.07, 6.45) is -11.6. The Hall–Kier alpha value is -3.13. The molecule has 0 bridgehead atoms. The zero-order chi connectivity index (χ0) is 24.7. The predicted octanol–water partition coefficient (Wildman–Crippen LogP) is 4.54. The molecule has 1 fully saturated rings. The molecule has 3 amide bonds. The molecular formula is C18H12ClF7N4O3. The zero-order valence-electron chi connectivity index (χ0n) is 16.3. The number of likely N-dealkylation sites (N-methyl/N-ethyl adjacent to an activating group) is 1. The largest absolute Gasteiger partial charge is 0.416 e. The fourth-order valence-electron chi connectivity index (χ4n) is 2.90. The van der Waals surface area contributed by atoms with E-state index in [1.807, 2.05) is 0 Å². The van der Waals surface area contributed by atoms with E-state index in [1.54, 1.807) is 0 Å². The average molecular weight is 501 g/mol. The van der Waals surface area contributed by atoms with Gasteiger partial charge in [-0.25, -0.2) is 19.0 Å². The van der Waals surface area contributed by atoms with Crippen molar-refractivity contribution in [1.29, 1.82) is 0 Å². The molecule has 0 aliphatic carbocycles. The van der Waals surface area contributed by atoms with E-state index >= 15 is 0 Å². The van der Waals surface area contributed by atoms with Gasteiger partial charge in [-0.1, -0.05) is 11.6 Å². The number of aromatic nitrogens is 1. The number of amides is 3. The lowest BCUT2D eigenvalue weighted by molar-refractivity contribution is -0.143. The quantitative estimate of drug-likeness (QED) is 0.494. The van der Waals surface area contributed by atoms with Gasteiger partial charge in [0.05, 0.1) is 23.2 Å². The minimum absolute atomic E-state index is 0.160. The number of hydrogen-bond acceptors (Lipinski definition) is 4. The van der Waals surface area contributed by atoms with Gasteiger partial charge in [0, 0.05) is 12.6 Å². The Morgan fingerprint density at radius 3 is 2.39 bits per heavy atom. The number of anilines is 2. The number of carbonyl (C=O) groups excluding carboxylic acids is 2. The number of benzene rings is 1. The van der Waals surface area contributed by atoms with E-state index in [-0.39, 0.29) is 23.0 Å². The van der Waals surface area contributed by atoms with Crippen molar-refractivity contribution in [3.63, 3.8) is 0 Å². The lowest BCUT2D eigenvalue weighted by atomic mass is 9.97. The van der Waals surface area contributed by atoms with Crippen LogP contribution in [0.3, 0.4) is 0 Å². The summed E-state index contributed by atoms with van der Waals surface area (Å²) in [5.41, 5.74) is -5.36. The van der Waals surface area contributed by atoms with Crippen molar-refractivity contribution in [2.24, 2.45) is 0 Å². The molecular weight excluding hydrogens is 489 g/mol. The molecule has 2 aromatic rings. The lowest BCUT2D eigenvalue weighted by Crippen LogP contribution is -2.33. The molecule has 178 valence electrons. The van der Waals surface area contributed by atoms with E-state index in [0.717, 1.165) is 24.1 Å². The number of alkyl halides is 6. The van der Waals surface area contributed by atoms with Crippen molar-refractivity contribution in [2.45, 2.75) is 18.8 Å². The van der Waals surface area contributed by atoms with Crippen molar-refractivity contribution in [3.05, 3.63) is 51.9 Å². The summed E-state index contributed by atoms with van der Waals surface area (Å²) in [4.78, 5) is 33.8. The molecule has 0 spiro atoms. The van der Waals surface area contributed by atoms with Crippen LogP contribution in [-0.4, -0.2) is 30.7 Å². The summed E-state index contributed by atoms with van der Waals surface area (Å²) in [7, 11) is 1.09. The number of urea groups is 1. The Morgan fingerprint density at radius 2 is 1.88 bits per heavy atom. The SMILES string of the molecule is CN(C(=O)Cc1c(N2OCNC2=O)cc(C(F)(F)F)cc1C(F)(F)F)c1ccc(F)c(Cl)n1. The molecule has 33 heavy (non-hydrogen) atoms. The van der Waals surface area contributed by atoms with Gasteiger partial charge in [0.2, 0.25) is 5.91 Å². The smallest absolute Gasteiger partial charge is 0.310 e. The van der Waals surface area contributed by atoms with Crippen LogP contribution in [0.1, 0.15) is 16.7 Å². The third kappa shape index (κ3) is 5.11. The van der Waals surface area contributed by atoms with Gasteiger partial charge in [-0.3, -0.25) is 9.69 Å². The number of nitrogens with zero attached hydrogens (tertiary/aromatic N) is 3. The molecule has 1 aromatic heterocycles. The first kappa shape index (κ1) is 24.5. The Balaban J connectivity index is 2.12. The van der Waals surface area contributed by atoms with E-state index < -0.39 is 70.8 Å². The second-order valence-electron chi connectivity index (χ2n) is 6.64. The second kappa shape index (κ2) is 8.67. The van der Waals surface area contributed by atoms with Gasteiger partial charge < -0.3 is 5.32 Å². The fraction of sp³-hybridized carbons (Fsp3) is 0.278. The monoisotopic (exact) mass is 500 g/mol.